The minimum absolute atomic E-state index is 0.360. The van der Waals surface area contributed by atoms with Crippen molar-refractivity contribution in [3.8, 4) is 11.1 Å². The highest BCUT2D eigenvalue weighted by molar-refractivity contribution is 5.88. The van der Waals surface area contributed by atoms with E-state index in [9.17, 15) is 13.2 Å². The number of aromatic nitrogens is 2. The lowest BCUT2D eigenvalue weighted by Crippen LogP contribution is -2.31. The van der Waals surface area contributed by atoms with Crippen LogP contribution in [-0.4, -0.2) is 9.97 Å². The van der Waals surface area contributed by atoms with Crippen LogP contribution >= 0.6 is 0 Å². The highest BCUT2D eigenvalue weighted by Gasteiger charge is 2.32. The molecule has 0 saturated heterocycles. The maximum absolute atomic E-state index is 13.6. The van der Waals surface area contributed by atoms with E-state index in [-0.39, 0.29) is 0 Å². The number of para-hydroxylation sites is 2. The molecule has 4 aromatic rings. The summed E-state index contributed by atoms with van der Waals surface area (Å²) in [6.07, 6.45) is -1.45. The largest absolute Gasteiger partial charge is 0.416 e. The maximum atomic E-state index is 13.6. The quantitative estimate of drug-likeness (QED) is 0.364. The SMILES string of the molecule is CC(C)(N)c1ncc(-c2cc(C(F)(F)F)ccc2N(c2ccccc2)c2ccccc2)cn1. The molecule has 0 aliphatic carbocycles. The average molecular weight is 448 g/mol. The van der Waals surface area contributed by atoms with Crippen molar-refractivity contribution in [3.05, 3.63) is 103 Å². The van der Waals surface area contributed by atoms with E-state index in [1.807, 2.05) is 65.6 Å². The van der Waals surface area contributed by atoms with Crippen LogP contribution in [0.4, 0.5) is 30.2 Å². The Kier molecular flexibility index (Phi) is 5.91. The van der Waals surface area contributed by atoms with Crippen molar-refractivity contribution < 1.29 is 13.2 Å². The Balaban J connectivity index is 1.95. The molecule has 1 heterocycles. The zero-order valence-electron chi connectivity index (χ0n) is 18.2. The van der Waals surface area contributed by atoms with Crippen LogP contribution < -0.4 is 10.6 Å². The van der Waals surface area contributed by atoms with E-state index in [4.69, 9.17) is 5.73 Å². The summed E-state index contributed by atoms with van der Waals surface area (Å²) in [7, 11) is 0. The first-order valence-electron chi connectivity index (χ1n) is 10.4. The molecule has 0 saturated carbocycles. The molecule has 7 heteroatoms. The second-order valence-electron chi connectivity index (χ2n) is 8.25. The Morgan fingerprint density at radius 3 is 1.73 bits per heavy atom. The third kappa shape index (κ3) is 4.88. The maximum Gasteiger partial charge on any atom is 0.416 e. The molecule has 4 nitrogen and oxygen atoms in total. The summed E-state index contributed by atoms with van der Waals surface area (Å²) in [6, 6.07) is 22.7. The Labute approximate surface area is 190 Å². The van der Waals surface area contributed by atoms with E-state index in [1.165, 1.54) is 18.5 Å². The van der Waals surface area contributed by atoms with E-state index < -0.39 is 17.3 Å². The van der Waals surface area contributed by atoms with Gasteiger partial charge >= 0.3 is 6.18 Å². The summed E-state index contributed by atoms with van der Waals surface area (Å²) in [5.74, 6) is 0.405. The van der Waals surface area contributed by atoms with Crippen molar-refractivity contribution in [2.45, 2.75) is 25.6 Å². The first-order valence-corrected chi connectivity index (χ1v) is 10.4. The second kappa shape index (κ2) is 8.67. The summed E-state index contributed by atoms with van der Waals surface area (Å²) >= 11 is 0. The molecule has 0 aliphatic heterocycles. The van der Waals surface area contributed by atoms with Gasteiger partial charge < -0.3 is 10.6 Å². The number of rotatable bonds is 5. The highest BCUT2D eigenvalue weighted by atomic mass is 19.4. The van der Waals surface area contributed by atoms with Crippen LogP contribution in [0.5, 0.6) is 0 Å². The third-order valence-corrected chi connectivity index (χ3v) is 5.13. The fraction of sp³-hybridized carbons (Fsp3) is 0.154. The first-order chi connectivity index (χ1) is 15.6. The van der Waals surface area contributed by atoms with E-state index in [1.54, 1.807) is 13.8 Å². The van der Waals surface area contributed by atoms with Gasteiger partial charge in [0.05, 0.1) is 16.8 Å². The Morgan fingerprint density at radius 2 is 1.27 bits per heavy atom. The molecule has 0 aliphatic rings. The molecular formula is C26H23F3N4. The van der Waals surface area contributed by atoms with Crippen molar-refractivity contribution in [2.24, 2.45) is 5.73 Å². The molecule has 33 heavy (non-hydrogen) atoms. The number of nitrogens with zero attached hydrogens (tertiary/aromatic N) is 3. The van der Waals surface area contributed by atoms with Crippen molar-refractivity contribution in [3.63, 3.8) is 0 Å². The zero-order chi connectivity index (χ0) is 23.6. The molecule has 0 amide bonds. The summed E-state index contributed by atoms with van der Waals surface area (Å²) < 4.78 is 40.9. The van der Waals surface area contributed by atoms with Gasteiger partial charge in [0.15, 0.2) is 0 Å². The van der Waals surface area contributed by atoms with Crippen LogP contribution in [0.2, 0.25) is 0 Å². The van der Waals surface area contributed by atoms with Crippen molar-refractivity contribution in [1.29, 1.82) is 0 Å². The predicted octanol–water partition coefficient (Wildman–Crippen LogP) is 6.83. The molecule has 0 radical (unpaired) electrons. The number of benzene rings is 3. The molecule has 2 N–H and O–H groups in total. The third-order valence-electron chi connectivity index (χ3n) is 5.13. The minimum atomic E-state index is -4.49. The van der Waals surface area contributed by atoms with Crippen LogP contribution in [0.15, 0.2) is 91.3 Å². The molecule has 0 unspecified atom stereocenters. The molecule has 0 spiro atoms. The Bertz CT molecular complexity index is 1180. The lowest BCUT2D eigenvalue weighted by molar-refractivity contribution is -0.137. The van der Waals surface area contributed by atoms with Gasteiger partial charge in [0.25, 0.3) is 0 Å². The molecule has 0 fully saturated rings. The van der Waals surface area contributed by atoms with Gasteiger partial charge in [0, 0.05) is 34.9 Å². The molecule has 168 valence electrons. The molecule has 4 rings (SSSR count). The minimum Gasteiger partial charge on any atom is -0.319 e. The molecule has 0 bridgehead atoms. The number of hydrogen-bond acceptors (Lipinski definition) is 4. The normalized spacial score (nSPS) is 11.9. The second-order valence-corrected chi connectivity index (χ2v) is 8.25. The van der Waals surface area contributed by atoms with Gasteiger partial charge in [-0.05, 0) is 56.3 Å². The fourth-order valence-electron chi connectivity index (χ4n) is 3.52. The van der Waals surface area contributed by atoms with Gasteiger partial charge in [-0.25, -0.2) is 9.97 Å². The van der Waals surface area contributed by atoms with E-state index in [2.05, 4.69) is 9.97 Å². The fourth-order valence-corrected chi connectivity index (χ4v) is 3.52. The number of halogens is 3. The van der Waals surface area contributed by atoms with Crippen LogP contribution in [0.25, 0.3) is 11.1 Å². The lowest BCUT2D eigenvalue weighted by Gasteiger charge is -2.28. The van der Waals surface area contributed by atoms with E-state index in [0.29, 0.717) is 22.6 Å². The molecule has 1 aromatic heterocycles. The first kappa shape index (κ1) is 22.5. The van der Waals surface area contributed by atoms with Gasteiger partial charge in [-0.15, -0.1) is 0 Å². The monoisotopic (exact) mass is 448 g/mol. The van der Waals surface area contributed by atoms with Crippen molar-refractivity contribution in [2.75, 3.05) is 4.90 Å². The topological polar surface area (TPSA) is 55.0 Å². The van der Waals surface area contributed by atoms with Crippen molar-refractivity contribution >= 4 is 17.1 Å². The van der Waals surface area contributed by atoms with Crippen molar-refractivity contribution in [1.82, 2.24) is 9.97 Å². The van der Waals surface area contributed by atoms with Crippen LogP contribution in [0.1, 0.15) is 25.2 Å². The van der Waals surface area contributed by atoms with Gasteiger partial charge in [-0.2, -0.15) is 13.2 Å². The lowest BCUT2D eigenvalue weighted by atomic mass is 10.0. The van der Waals surface area contributed by atoms with E-state index >= 15 is 0 Å². The number of alkyl halides is 3. The smallest absolute Gasteiger partial charge is 0.319 e. The number of nitrogens with two attached hydrogens (primary N) is 1. The average Bonchev–Trinajstić information content (AvgIpc) is 2.80. The Morgan fingerprint density at radius 1 is 0.758 bits per heavy atom. The number of anilines is 3. The summed E-state index contributed by atoms with van der Waals surface area (Å²) in [4.78, 5) is 10.6. The van der Waals surface area contributed by atoms with Gasteiger partial charge in [0.1, 0.15) is 5.82 Å². The van der Waals surface area contributed by atoms with E-state index in [0.717, 1.165) is 23.5 Å². The summed E-state index contributed by atoms with van der Waals surface area (Å²) in [5, 5.41) is 0. The van der Waals surface area contributed by atoms with Crippen LogP contribution in [0.3, 0.4) is 0 Å². The van der Waals surface area contributed by atoms with Gasteiger partial charge in [0.2, 0.25) is 0 Å². The number of hydrogen-bond donors (Lipinski definition) is 1. The van der Waals surface area contributed by atoms with Crippen LogP contribution in [-0.2, 0) is 11.7 Å². The van der Waals surface area contributed by atoms with Gasteiger partial charge in [-0.3, -0.25) is 0 Å². The van der Waals surface area contributed by atoms with Gasteiger partial charge in [-0.1, -0.05) is 36.4 Å². The highest BCUT2D eigenvalue weighted by Crippen LogP contribution is 2.43. The predicted molar refractivity (Wildman–Crippen MR) is 124 cm³/mol. The zero-order valence-corrected chi connectivity index (χ0v) is 18.2. The summed E-state index contributed by atoms with van der Waals surface area (Å²) in [6.45, 7) is 3.54. The molecule has 3 aromatic carbocycles. The van der Waals surface area contributed by atoms with Crippen LogP contribution in [0, 0.1) is 0 Å². The molecule has 0 atom stereocenters. The summed E-state index contributed by atoms with van der Waals surface area (Å²) in [5.41, 5.74) is 7.57. The molecular weight excluding hydrogens is 425 g/mol. The standard InChI is InChI=1S/C26H23F3N4/c1-25(2,30)24-31-16-18(17-32-24)22-15-19(26(27,28)29)13-14-23(22)33(20-9-5-3-6-10-20)21-11-7-4-8-12-21/h3-17H,30H2,1-2H3. The Hall–Kier alpha value is -3.71.